The van der Waals surface area contributed by atoms with E-state index in [0.29, 0.717) is 0 Å². The number of hydrogen-bond donors (Lipinski definition) is 0. The number of hydrogen-bond acceptors (Lipinski definition) is 2. The Hall–Kier alpha value is -0.583. The van der Waals surface area contributed by atoms with Crippen LogP contribution in [0.1, 0.15) is 0 Å². The SMILES string of the molecule is [N-]=[N+]=N[Si](Cl)(Cl)N=[N+]=[N-]. The number of halogens is 2. The van der Waals surface area contributed by atoms with E-state index in [9.17, 15) is 0 Å². The zero-order valence-electron chi connectivity index (χ0n) is 3.94. The van der Waals surface area contributed by atoms with Crippen LogP contribution in [0, 0.1) is 0 Å². The van der Waals surface area contributed by atoms with Gasteiger partial charge in [-0.2, -0.15) is 0 Å². The lowest BCUT2D eigenvalue weighted by Crippen LogP contribution is -2.08. The summed E-state index contributed by atoms with van der Waals surface area (Å²) in [7, 11) is -3.34. The maximum atomic E-state index is 7.77. The first-order chi connectivity index (χ1) is 4.12. The molecule has 9 heavy (non-hydrogen) atoms. The molecular weight excluding hydrogens is 183 g/mol. The van der Waals surface area contributed by atoms with Crippen LogP contribution in [0.15, 0.2) is 9.56 Å². The van der Waals surface area contributed by atoms with Gasteiger partial charge in [-0.15, -0.1) is 22.2 Å². The molecule has 9 heteroatoms. The molecule has 0 saturated heterocycles. The molecular formula is Cl2N6Si. The van der Waals surface area contributed by atoms with Crippen LogP contribution in [0.5, 0.6) is 0 Å². The van der Waals surface area contributed by atoms with Gasteiger partial charge in [-0.1, -0.05) is 9.56 Å². The van der Waals surface area contributed by atoms with Crippen molar-refractivity contribution in [1.29, 1.82) is 0 Å². The van der Waals surface area contributed by atoms with Gasteiger partial charge >= 0.3 is 7.02 Å². The second kappa shape index (κ2) is 3.44. The summed E-state index contributed by atoms with van der Waals surface area (Å²) < 4.78 is 5.75. The van der Waals surface area contributed by atoms with Gasteiger partial charge in [0.25, 0.3) is 0 Å². The molecule has 0 N–H and O–H groups in total. The molecule has 0 aromatic heterocycles. The van der Waals surface area contributed by atoms with Crippen molar-refractivity contribution in [3.8, 4) is 0 Å². The molecule has 0 radical (unpaired) electrons. The predicted molar refractivity (Wildman–Crippen MR) is 35.8 cm³/mol. The van der Waals surface area contributed by atoms with E-state index in [-0.39, 0.29) is 0 Å². The maximum Gasteiger partial charge on any atom is 0.436 e. The molecule has 0 aromatic carbocycles. The molecule has 0 aliphatic rings. The highest BCUT2D eigenvalue weighted by atomic mass is 35.7. The van der Waals surface area contributed by atoms with Crippen molar-refractivity contribution >= 4 is 29.2 Å². The second-order valence-electron chi connectivity index (χ2n) is 0.888. The van der Waals surface area contributed by atoms with Gasteiger partial charge in [-0.25, -0.2) is 0 Å². The first-order valence-electron chi connectivity index (χ1n) is 1.63. The van der Waals surface area contributed by atoms with Gasteiger partial charge in [0, 0.05) is 0 Å². The van der Waals surface area contributed by atoms with Crippen LogP contribution in [0.2, 0.25) is 0 Å². The fraction of sp³-hybridized carbons (Fsp3) is 0. The van der Waals surface area contributed by atoms with Gasteiger partial charge in [0.15, 0.2) is 0 Å². The van der Waals surface area contributed by atoms with Gasteiger partial charge in [-0.05, 0) is 20.9 Å². The molecule has 0 fully saturated rings. The Morgan fingerprint density at radius 3 is 1.67 bits per heavy atom. The Kier molecular flexibility index (Phi) is 3.22. The summed E-state index contributed by atoms with van der Waals surface area (Å²) >= 11 is 10.4. The Balaban J connectivity index is 4.36. The van der Waals surface area contributed by atoms with E-state index in [2.05, 4.69) is 19.4 Å². The first-order valence-corrected chi connectivity index (χ1v) is 5.54. The van der Waals surface area contributed by atoms with Gasteiger partial charge in [0.2, 0.25) is 0 Å². The normalized spacial score (nSPS) is 9.11. The van der Waals surface area contributed by atoms with E-state index < -0.39 is 7.02 Å². The molecule has 48 valence electrons. The molecule has 0 aliphatic carbocycles. The molecule has 0 spiro atoms. The number of rotatable bonds is 2. The molecule has 0 amide bonds. The van der Waals surface area contributed by atoms with E-state index in [1.54, 1.807) is 0 Å². The quantitative estimate of drug-likeness (QED) is 0.206. The molecule has 0 unspecified atom stereocenters. The lowest BCUT2D eigenvalue weighted by Gasteiger charge is -1.94. The molecule has 0 heterocycles. The number of azide groups is 1. The van der Waals surface area contributed by atoms with Crippen molar-refractivity contribution < 1.29 is 0 Å². The Bertz CT molecular complexity index is 163. The smallest absolute Gasteiger partial charge is 0.135 e. The molecule has 0 aromatic rings. The minimum Gasteiger partial charge on any atom is -0.135 e. The third kappa shape index (κ3) is 3.96. The summed E-state index contributed by atoms with van der Waals surface area (Å²) in [6.45, 7) is 0. The highest BCUT2D eigenvalue weighted by molar-refractivity contribution is 7.43. The fourth-order valence-corrected chi connectivity index (χ4v) is 0.789. The largest absolute Gasteiger partial charge is 0.436 e. The van der Waals surface area contributed by atoms with Gasteiger partial charge in [0.1, 0.15) is 0 Å². The Morgan fingerprint density at radius 2 is 1.44 bits per heavy atom. The summed E-state index contributed by atoms with van der Waals surface area (Å²) in [6, 6.07) is 0. The Morgan fingerprint density at radius 1 is 1.11 bits per heavy atom. The van der Waals surface area contributed by atoms with E-state index in [4.69, 9.17) is 33.2 Å². The number of nitrogens with zero attached hydrogens (tertiary/aromatic N) is 6. The topological polar surface area (TPSA) is 97.5 Å². The van der Waals surface area contributed by atoms with Crippen molar-refractivity contribution in [3.05, 3.63) is 20.9 Å². The van der Waals surface area contributed by atoms with Crippen LogP contribution in [-0.4, -0.2) is 7.02 Å². The summed E-state index contributed by atoms with van der Waals surface area (Å²) in [5.41, 5.74) is 15.5. The third-order valence-corrected chi connectivity index (χ3v) is 1.90. The highest BCUT2D eigenvalue weighted by Gasteiger charge is 2.24. The van der Waals surface area contributed by atoms with Crippen LogP contribution < -0.4 is 0 Å². The van der Waals surface area contributed by atoms with Crippen LogP contribution in [0.25, 0.3) is 20.9 Å². The van der Waals surface area contributed by atoms with Crippen LogP contribution >= 0.6 is 22.2 Å². The summed E-state index contributed by atoms with van der Waals surface area (Å²) in [4.78, 5) is 4.57. The van der Waals surface area contributed by atoms with E-state index >= 15 is 0 Å². The molecule has 0 saturated carbocycles. The fourth-order valence-electron chi connectivity index (χ4n) is 0.128. The molecule has 0 rings (SSSR count). The first kappa shape index (κ1) is 8.42. The maximum absolute atomic E-state index is 7.77. The molecule has 0 bridgehead atoms. The minimum atomic E-state index is -3.34. The molecule has 0 atom stereocenters. The second-order valence-corrected chi connectivity index (χ2v) is 6.05. The monoisotopic (exact) mass is 182 g/mol. The van der Waals surface area contributed by atoms with Crippen molar-refractivity contribution in [2.24, 2.45) is 9.56 Å². The summed E-state index contributed by atoms with van der Waals surface area (Å²) in [6.07, 6.45) is 0. The summed E-state index contributed by atoms with van der Waals surface area (Å²) in [5.74, 6) is 0. The predicted octanol–water partition coefficient (Wildman–Crippen LogP) is 2.52. The van der Waals surface area contributed by atoms with Crippen molar-refractivity contribution in [2.75, 3.05) is 0 Å². The lowest BCUT2D eigenvalue weighted by atomic mass is 13.0. The molecule has 0 aliphatic heterocycles. The lowest BCUT2D eigenvalue weighted by molar-refractivity contribution is 1.56. The van der Waals surface area contributed by atoms with E-state index in [0.717, 1.165) is 0 Å². The van der Waals surface area contributed by atoms with Gasteiger partial charge in [0.05, 0.1) is 0 Å². The van der Waals surface area contributed by atoms with E-state index in [1.807, 2.05) is 0 Å². The summed E-state index contributed by atoms with van der Waals surface area (Å²) in [5, 5.41) is 0. The average Bonchev–Trinajstić information content (AvgIpc) is 1.64. The van der Waals surface area contributed by atoms with Crippen molar-refractivity contribution in [3.63, 3.8) is 0 Å². The van der Waals surface area contributed by atoms with Crippen molar-refractivity contribution in [2.45, 2.75) is 0 Å². The van der Waals surface area contributed by atoms with Crippen LogP contribution in [0.3, 0.4) is 0 Å². The van der Waals surface area contributed by atoms with Crippen LogP contribution in [0.4, 0.5) is 0 Å². The zero-order valence-corrected chi connectivity index (χ0v) is 6.45. The highest BCUT2D eigenvalue weighted by Crippen LogP contribution is 2.17. The minimum absolute atomic E-state index is 2.28. The zero-order chi connectivity index (χ0) is 7.33. The van der Waals surface area contributed by atoms with E-state index in [1.165, 1.54) is 0 Å². The van der Waals surface area contributed by atoms with Crippen molar-refractivity contribution in [1.82, 2.24) is 0 Å². The standard InChI is InChI=1S/Cl2N6Si/c1-9(2,7-5-3)8-6-4. The molecule has 6 nitrogen and oxygen atoms in total. The van der Waals surface area contributed by atoms with Gasteiger partial charge in [-0.3, -0.25) is 0 Å². The average molecular weight is 183 g/mol. The van der Waals surface area contributed by atoms with Crippen LogP contribution in [-0.2, 0) is 0 Å². The Labute approximate surface area is 60.2 Å². The third-order valence-electron chi connectivity index (χ3n) is 0.330. The van der Waals surface area contributed by atoms with Gasteiger partial charge < -0.3 is 0 Å².